The number of pyridine rings is 1. The normalized spacial score (nSPS) is 17.1. The fraction of sp³-hybridized carbons (Fsp3) is 0.375. The molecule has 0 amide bonds. The molecule has 1 aromatic heterocycles. The van der Waals surface area contributed by atoms with Crippen LogP contribution in [0.1, 0.15) is 5.56 Å². The van der Waals surface area contributed by atoms with Crippen molar-refractivity contribution < 1.29 is 0 Å². The molecular weight excluding hydrogens is 248 g/mol. The highest BCUT2D eigenvalue weighted by Gasteiger charge is 2.16. The summed E-state index contributed by atoms with van der Waals surface area (Å²) in [5.41, 5.74) is 2.38. The summed E-state index contributed by atoms with van der Waals surface area (Å²) < 4.78 is 0. The summed E-state index contributed by atoms with van der Waals surface area (Å²) in [5, 5.41) is 9.91. The molecule has 0 radical (unpaired) electrons. The van der Waals surface area contributed by atoms with E-state index in [1.807, 2.05) is 12.3 Å². The number of nitriles is 1. The number of piperazine rings is 1. The Labute approximate surface area is 119 Å². The molecule has 0 saturated carbocycles. The first-order valence-electron chi connectivity index (χ1n) is 7.00. The van der Waals surface area contributed by atoms with Crippen LogP contribution in [0.3, 0.4) is 0 Å². The van der Waals surface area contributed by atoms with Crippen LogP contribution in [0.2, 0.25) is 0 Å². The second kappa shape index (κ2) is 6.00. The van der Waals surface area contributed by atoms with Crippen molar-refractivity contribution in [1.82, 2.24) is 14.8 Å². The van der Waals surface area contributed by atoms with Gasteiger partial charge in [-0.25, -0.2) is 0 Å². The summed E-state index contributed by atoms with van der Waals surface area (Å²) in [5.74, 6) is 0. The van der Waals surface area contributed by atoms with Crippen molar-refractivity contribution in [3.05, 3.63) is 42.1 Å². The summed E-state index contributed by atoms with van der Waals surface area (Å²) in [6, 6.07) is 12.8. The van der Waals surface area contributed by atoms with E-state index >= 15 is 0 Å². The Morgan fingerprint density at radius 1 is 1.10 bits per heavy atom. The fourth-order valence-electron chi connectivity index (χ4n) is 2.69. The third-order valence-corrected chi connectivity index (χ3v) is 3.83. The first-order valence-corrected chi connectivity index (χ1v) is 7.00. The molecule has 1 aromatic carbocycles. The highest BCUT2D eigenvalue weighted by atomic mass is 15.3. The maximum atomic E-state index is 8.71. The lowest BCUT2D eigenvalue weighted by Gasteiger charge is -2.33. The van der Waals surface area contributed by atoms with Gasteiger partial charge in [0.15, 0.2) is 0 Å². The first-order chi connectivity index (χ1) is 9.85. The van der Waals surface area contributed by atoms with Crippen LogP contribution in [0, 0.1) is 11.3 Å². The highest BCUT2D eigenvalue weighted by molar-refractivity contribution is 5.78. The summed E-state index contributed by atoms with van der Waals surface area (Å²) in [6.07, 6.45) is 1.83. The van der Waals surface area contributed by atoms with Crippen LogP contribution in [0.5, 0.6) is 0 Å². The minimum absolute atomic E-state index is 0.551. The van der Waals surface area contributed by atoms with Crippen LogP contribution in [-0.2, 0) is 6.54 Å². The van der Waals surface area contributed by atoms with Gasteiger partial charge in [-0.05, 0) is 23.8 Å². The van der Waals surface area contributed by atoms with Gasteiger partial charge >= 0.3 is 0 Å². The van der Waals surface area contributed by atoms with E-state index in [1.165, 1.54) is 10.9 Å². The molecule has 4 nitrogen and oxygen atoms in total. The van der Waals surface area contributed by atoms with Crippen LogP contribution in [0.25, 0.3) is 10.9 Å². The van der Waals surface area contributed by atoms with Gasteiger partial charge in [-0.15, -0.1) is 0 Å². The van der Waals surface area contributed by atoms with Crippen molar-refractivity contribution in [2.45, 2.75) is 6.54 Å². The third kappa shape index (κ3) is 2.96. The molecule has 1 aliphatic rings. The van der Waals surface area contributed by atoms with E-state index in [-0.39, 0.29) is 0 Å². The number of nitrogens with zero attached hydrogens (tertiary/aromatic N) is 4. The lowest BCUT2D eigenvalue weighted by molar-refractivity contribution is 0.138. The summed E-state index contributed by atoms with van der Waals surface area (Å²) >= 11 is 0. The van der Waals surface area contributed by atoms with Gasteiger partial charge in [0.1, 0.15) is 0 Å². The van der Waals surface area contributed by atoms with Crippen molar-refractivity contribution in [2.24, 2.45) is 0 Å². The maximum Gasteiger partial charge on any atom is 0.0866 e. The van der Waals surface area contributed by atoms with Gasteiger partial charge in [0.25, 0.3) is 0 Å². The van der Waals surface area contributed by atoms with E-state index in [0.29, 0.717) is 6.54 Å². The number of aromatic nitrogens is 1. The van der Waals surface area contributed by atoms with E-state index in [4.69, 9.17) is 5.26 Å². The Bertz CT molecular complexity index is 624. The molecule has 2 aromatic rings. The van der Waals surface area contributed by atoms with E-state index in [9.17, 15) is 0 Å². The van der Waals surface area contributed by atoms with Crippen molar-refractivity contribution in [3.63, 3.8) is 0 Å². The van der Waals surface area contributed by atoms with E-state index in [2.05, 4.69) is 45.1 Å². The van der Waals surface area contributed by atoms with Crippen molar-refractivity contribution in [2.75, 3.05) is 32.7 Å². The Kier molecular flexibility index (Phi) is 3.91. The smallest absolute Gasteiger partial charge is 0.0866 e. The van der Waals surface area contributed by atoms with E-state index in [1.54, 1.807) is 0 Å². The molecule has 3 rings (SSSR count). The van der Waals surface area contributed by atoms with Gasteiger partial charge in [-0.1, -0.05) is 12.1 Å². The lowest BCUT2D eigenvalue weighted by atomic mass is 10.1. The Hall–Kier alpha value is -1.96. The molecule has 102 valence electrons. The van der Waals surface area contributed by atoms with Gasteiger partial charge in [0, 0.05) is 44.3 Å². The average Bonchev–Trinajstić information content (AvgIpc) is 2.49. The van der Waals surface area contributed by atoms with E-state index < -0.39 is 0 Å². The molecule has 1 saturated heterocycles. The summed E-state index contributed by atoms with van der Waals surface area (Å²) in [6.45, 7) is 5.58. The fourth-order valence-corrected chi connectivity index (χ4v) is 2.69. The second-order valence-electron chi connectivity index (χ2n) is 5.24. The van der Waals surface area contributed by atoms with E-state index in [0.717, 1.165) is 38.2 Å². The number of benzene rings is 1. The van der Waals surface area contributed by atoms with Crippen molar-refractivity contribution >= 4 is 10.9 Å². The molecule has 0 bridgehead atoms. The SMILES string of the molecule is N#CCN1CCN(Cc2ccc3ncccc3c2)CC1. The Morgan fingerprint density at radius 2 is 1.90 bits per heavy atom. The van der Waals surface area contributed by atoms with Gasteiger partial charge in [0.2, 0.25) is 0 Å². The molecule has 20 heavy (non-hydrogen) atoms. The quantitative estimate of drug-likeness (QED) is 0.796. The monoisotopic (exact) mass is 266 g/mol. The van der Waals surface area contributed by atoms with Crippen molar-refractivity contribution in [1.29, 1.82) is 5.26 Å². The average molecular weight is 266 g/mol. The zero-order chi connectivity index (χ0) is 13.8. The predicted octanol–water partition coefficient (Wildman–Crippen LogP) is 1.88. The number of rotatable bonds is 3. The van der Waals surface area contributed by atoms with Crippen LogP contribution >= 0.6 is 0 Å². The number of hydrogen-bond donors (Lipinski definition) is 0. The summed E-state index contributed by atoms with van der Waals surface area (Å²) in [4.78, 5) is 9.01. The molecule has 1 fully saturated rings. The molecule has 2 heterocycles. The molecule has 4 heteroatoms. The largest absolute Gasteiger partial charge is 0.297 e. The minimum atomic E-state index is 0.551. The van der Waals surface area contributed by atoms with Crippen LogP contribution in [0.15, 0.2) is 36.5 Å². The Balaban J connectivity index is 1.64. The zero-order valence-corrected chi connectivity index (χ0v) is 11.5. The van der Waals surface area contributed by atoms with Crippen molar-refractivity contribution in [3.8, 4) is 6.07 Å². The first kappa shape index (κ1) is 13.0. The molecule has 0 atom stereocenters. The van der Waals surface area contributed by atoms with Gasteiger partial charge in [0.05, 0.1) is 18.1 Å². The van der Waals surface area contributed by atoms with Crippen LogP contribution in [-0.4, -0.2) is 47.5 Å². The maximum absolute atomic E-state index is 8.71. The van der Waals surface area contributed by atoms with Crippen LogP contribution < -0.4 is 0 Å². The standard InChI is InChI=1S/C16H18N4/c17-5-7-19-8-10-20(11-9-19)13-14-3-4-16-15(12-14)2-1-6-18-16/h1-4,6,12H,7-11,13H2. The minimum Gasteiger partial charge on any atom is -0.297 e. The zero-order valence-electron chi connectivity index (χ0n) is 11.5. The summed E-state index contributed by atoms with van der Waals surface area (Å²) in [7, 11) is 0. The topological polar surface area (TPSA) is 43.2 Å². The molecule has 1 aliphatic heterocycles. The van der Waals surface area contributed by atoms with Gasteiger partial charge < -0.3 is 0 Å². The predicted molar refractivity (Wildman–Crippen MR) is 79.1 cm³/mol. The van der Waals surface area contributed by atoms with Gasteiger partial charge in [-0.2, -0.15) is 5.26 Å². The van der Waals surface area contributed by atoms with Crippen LogP contribution in [0.4, 0.5) is 0 Å². The number of fused-ring (bicyclic) bond motifs is 1. The second-order valence-corrected chi connectivity index (χ2v) is 5.24. The molecule has 0 aliphatic carbocycles. The number of hydrogen-bond acceptors (Lipinski definition) is 4. The third-order valence-electron chi connectivity index (χ3n) is 3.83. The molecular formula is C16H18N4. The highest BCUT2D eigenvalue weighted by Crippen LogP contribution is 2.15. The molecule has 0 unspecified atom stereocenters. The van der Waals surface area contributed by atoms with Gasteiger partial charge in [-0.3, -0.25) is 14.8 Å². The molecule has 0 spiro atoms. The Morgan fingerprint density at radius 3 is 2.70 bits per heavy atom. The molecule has 0 N–H and O–H groups in total. The lowest BCUT2D eigenvalue weighted by Crippen LogP contribution is -2.45.